The zero-order valence-electron chi connectivity index (χ0n) is 13.0. The average molecular weight is 340 g/mol. The Hall–Kier alpha value is -2.35. The summed E-state index contributed by atoms with van der Waals surface area (Å²) in [5.74, 6) is -1.55. The summed E-state index contributed by atoms with van der Waals surface area (Å²) in [6, 6.07) is 4.40. The van der Waals surface area contributed by atoms with Gasteiger partial charge in [-0.1, -0.05) is 0 Å². The number of carbonyl (C=O) groups excluding carboxylic acids is 1. The van der Waals surface area contributed by atoms with Crippen LogP contribution in [0.5, 0.6) is 0 Å². The molecule has 0 aliphatic heterocycles. The van der Waals surface area contributed by atoms with Crippen LogP contribution in [-0.2, 0) is 11.0 Å². The molecule has 1 aliphatic carbocycles. The first kappa shape index (κ1) is 16.5. The van der Waals surface area contributed by atoms with Crippen LogP contribution < -0.4 is 10.7 Å². The summed E-state index contributed by atoms with van der Waals surface area (Å²) in [4.78, 5) is 26.1. The van der Waals surface area contributed by atoms with Crippen LogP contribution in [-0.4, -0.2) is 30.4 Å². The van der Waals surface area contributed by atoms with E-state index in [0.717, 1.165) is 12.8 Å². The summed E-state index contributed by atoms with van der Waals surface area (Å²) >= 11 is 0. The fraction of sp³-hybridized carbons (Fsp3) is 0.375. The number of nitrogens with one attached hydrogen (secondary N) is 1. The van der Waals surface area contributed by atoms with Crippen molar-refractivity contribution in [3.63, 3.8) is 0 Å². The number of benzene rings is 1. The van der Waals surface area contributed by atoms with Crippen LogP contribution in [0.3, 0.4) is 0 Å². The van der Waals surface area contributed by atoms with Crippen molar-refractivity contribution in [3.05, 3.63) is 40.2 Å². The van der Waals surface area contributed by atoms with Crippen LogP contribution in [0.1, 0.15) is 18.6 Å². The summed E-state index contributed by atoms with van der Waals surface area (Å²) in [6.07, 6.45) is -3.27. The zero-order valence-corrected chi connectivity index (χ0v) is 13.0. The second-order valence-corrected chi connectivity index (χ2v) is 6.06. The minimum atomic E-state index is -4.73. The summed E-state index contributed by atoms with van der Waals surface area (Å²) in [5, 5.41) is 2.69. The Labute approximate surface area is 135 Å². The third-order valence-corrected chi connectivity index (χ3v) is 4.27. The van der Waals surface area contributed by atoms with E-state index < -0.39 is 22.9 Å². The first-order valence-corrected chi connectivity index (χ1v) is 7.27. The predicted molar refractivity (Wildman–Crippen MR) is 81.8 cm³/mol. The molecule has 1 heterocycles. The van der Waals surface area contributed by atoms with Gasteiger partial charge in [0.15, 0.2) is 5.43 Å². The van der Waals surface area contributed by atoms with Gasteiger partial charge in [-0.2, -0.15) is 13.2 Å². The molecule has 0 bridgehead atoms. The van der Waals surface area contributed by atoms with E-state index in [-0.39, 0.29) is 16.9 Å². The predicted octanol–water partition coefficient (Wildman–Crippen LogP) is 2.84. The van der Waals surface area contributed by atoms with E-state index in [0.29, 0.717) is 11.8 Å². The number of anilines is 1. The Morgan fingerprint density at radius 3 is 2.46 bits per heavy atom. The Balaban J connectivity index is 1.94. The molecule has 0 saturated heterocycles. The molecule has 1 aromatic carbocycles. The van der Waals surface area contributed by atoms with Gasteiger partial charge in [0, 0.05) is 11.8 Å². The highest BCUT2D eigenvalue weighted by Gasteiger charge is 2.51. The molecular formula is C16H15F3N2O3. The topological polar surface area (TPSA) is 62.6 Å². The number of carbonyl (C=O) groups is 1. The van der Waals surface area contributed by atoms with Crippen molar-refractivity contribution in [2.45, 2.75) is 24.6 Å². The van der Waals surface area contributed by atoms with E-state index in [1.165, 1.54) is 18.2 Å². The molecule has 128 valence electrons. The van der Waals surface area contributed by atoms with Crippen LogP contribution in [0.15, 0.2) is 33.5 Å². The lowest BCUT2D eigenvalue weighted by Crippen LogP contribution is -2.42. The second-order valence-electron chi connectivity index (χ2n) is 6.06. The van der Waals surface area contributed by atoms with E-state index in [2.05, 4.69) is 5.32 Å². The van der Waals surface area contributed by atoms with Gasteiger partial charge in [0.2, 0.25) is 11.7 Å². The number of hydrogen-bond donors (Lipinski definition) is 1. The molecule has 1 aromatic heterocycles. The number of likely N-dealkylation sites (N-methyl/N-ethyl adjacent to an activating group) is 1. The molecule has 1 saturated carbocycles. The van der Waals surface area contributed by atoms with Crippen LogP contribution in [0.4, 0.5) is 18.9 Å². The number of alkyl halides is 3. The molecule has 0 radical (unpaired) electrons. The summed E-state index contributed by atoms with van der Waals surface area (Å²) in [6.45, 7) is 0. The molecule has 0 spiro atoms. The maximum absolute atomic E-state index is 12.7. The minimum absolute atomic E-state index is 0.0181. The fourth-order valence-electron chi connectivity index (χ4n) is 2.62. The summed E-state index contributed by atoms with van der Waals surface area (Å²) in [5.41, 5.74) is -1.21. The van der Waals surface area contributed by atoms with Crippen molar-refractivity contribution in [1.29, 1.82) is 0 Å². The van der Waals surface area contributed by atoms with Crippen LogP contribution in [0.2, 0.25) is 0 Å². The first-order chi connectivity index (χ1) is 11.1. The van der Waals surface area contributed by atoms with Gasteiger partial charge in [0.05, 0.1) is 5.39 Å². The Morgan fingerprint density at radius 1 is 1.25 bits per heavy atom. The van der Waals surface area contributed by atoms with E-state index in [9.17, 15) is 22.8 Å². The molecule has 0 atom stereocenters. The third kappa shape index (κ3) is 2.77. The summed E-state index contributed by atoms with van der Waals surface area (Å²) < 4.78 is 42.7. The maximum atomic E-state index is 12.7. The second kappa shape index (κ2) is 5.34. The standard InChI is InChI=1S/C16H15F3N2O3/c1-21(2)15(5-6-15)14(23)20-9-3-4-12-10(7-9)11(22)8-13(24-12)16(17,18)19/h3-4,7-8H,5-6H2,1-2H3,(H,20,23). The number of nitrogens with zero attached hydrogens (tertiary/aromatic N) is 1. The highest BCUT2D eigenvalue weighted by molar-refractivity contribution is 6.01. The molecule has 5 nitrogen and oxygen atoms in total. The van der Waals surface area contributed by atoms with Gasteiger partial charge in [-0.05, 0) is 45.1 Å². The van der Waals surface area contributed by atoms with Gasteiger partial charge in [-0.25, -0.2) is 0 Å². The molecule has 1 N–H and O–H groups in total. The summed E-state index contributed by atoms with van der Waals surface area (Å²) in [7, 11) is 3.61. The fourth-order valence-corrected chi connectivity index (χ4v) is 2.62. The highest BCUT2D eigenvalue weighted by atomic mass is 19.4. The number of rotatable bonds is 3. The lowest BCUT2D eigenvalue weighted by molar-refractivity contribution is -0.152. The number of hydrogen-bond acceptors (Lipinski definition) is 4. The average Bonchev–Trinajstić information content (AvgIpc) is 3.28. The molecule has 1 aliphatic rings. The van der Waals surface area contributed by atoms with Crippen LogP contribution >= 0.6 is 0 Å². The zero-order chi connectivity index (χ0) is 17.7. The molecule has 1 fully saturated rings. The van der Waals surface area contributed by atoms with Gasteiger partial charge in [0.1, 0.15) is 11.1 Å². The third-order valence-electron chi connectivity index (χ3n) is 4.27. The van der Waals surface area contributed by atoms with Crippen LogP contribution in [0, 0.1) is 0 Å². The minimum Gasteiger partial charge on any atom is -0.451 e. The van der Waals surface area contributed by atoms with Crippen molar-refractivity contribution in [1.82, 2.24) is 4.90 Å². The van der Waals surface area contributed by atoms with E-state index in [1.807, 2.05) is 4.90 Å². The van der Waals surface area contributed by atoms with Gasteiger partial charge < -0.3 is 9.73 Å². The largest absolute Gasteiger partial charge is 0.451 e. The molecule has 1 amide bonds. The molecule has 3 rings (SSSR count). The molecule has 24 heavy (non-hydrogen) atoms. The Kier molecular flexibility index (Phi) is 3.67. The van der Waals surface area contributed by atoms with Gasteiger partial charge in [-0.15, -0.1) is 0 Å². The Bertz CT molecular complexity index is 867. The Morgan fingerprint density at radius 2 is 1.92 bits per heavy atom. The number of amides is 1. The lowest BCUT2D eigenvalue weighted by Gasteiger charge is -2.22. The maximum Gasteiger partial charge on any atom is 0.449 e. The molecule has 8 heteroatoms. The monoisotopic (exact) mass is 340 g/mol. The van der Waals surface area contributed by atoms with Crippen molar-refractivity contribution in [2.24, 2.45) is 0 Å². The number of halogens is 3. The van der Waals surface area contributed by atoms with Crippen molar-refractivity contribution in [3.8, 4) is 0 Å². The van der Waals surface area contributed by atoms with Gasteiger partial charge in [-0.3, -0.25) is 14.5 Å². The van der Waals surface area contributed by atoms with Gasteiger partial charge in [0.25, 0.3) is 0 Å². The smallest absolute Gasteiger partial charge is 0.449 e. The normalized spacial score (nSPS) is 16.4. The van der Waals surface area contributed by atoms with Gasteiger partial charge >= 0.3 is 6.18 Å². The quantitative estimate of drug-likeness (QED) is 0.933. The highest BCUT2D eigenvalue weighted by Crippen LogP contribution is 2.41. The van der Waals surface area contributed by atoms with E-state index in [4.69, 9.17) is 4.42 Å². The lowest BCUT2D eigenvalue weighted by atomic mass is 10.1. The SMILES string of the molecule is CN(C)C1(C(=O)Nc2ccc3oc(C(F)(F)F)cc(=O)c3c2)CC1. The first-order valence-electron chi connectivity index (χ1n) is 7.27. The molecule has 2 aromatic rings. The van der Waals surface area contributed by atoms with Crippen molar-refractivity contribution in [2.75, 3.05) is 19.4 Å². The number of fused-ring (bicyclic) bond motifs is 1. The van der Waals surface area contributed by atoms with Crippen LogP contribution in [0.25, 0.3) is 11.0 Å². The molecular weight excluding hydrogens is 325 g/mol. The van der Waals surface area contributed by atoms with E-state index >= 15 is 0 Å². The van der Waals surface area contributed by atoms with Crippen molar-refractivity contribution >= 4 is 22.6 Å². The van der Waals surface area contributed by atoms with E-state index in [1.54, 1.807) is 14.1 Å². The molecule has 0 unspecified atom stereocenters. The van der Waals surface area contributed by atoms with Crippen molar-refractivity contribution < 1.29 is 22.4 Å².